The highest BCUT2D eigenvalue weighted by Gasteiger charge is 2.29. The summed E-state index contributed by atoms with van der Waals surface area (Å²) in [6.45, 7) is 3.62. The third-order valence-electron chi connectivity index (χ3n) is 4.02. The van der Waals surface area contributed by atoms with Crippen LogP contribution in [0.2, 0.25) is 0 Å². The molecule has 0 saturated heterocycles. The molecule has 148 valence electrons. The van der Waals surface area contributed by atoms with Crippen LogP contribution in [0.15, 0.2) is 57.9 Å². The maximum absolute atomic E-state index is 13.3. The summed E-state index contributed by atoms with van der Waals surface area (Å²) in [5, 5.41) is 3.89. The predicted molar refractivity (Wildman–Crippen MR) is 101 cm³/mol. The molecule has 3 rings (SSSR count). The molecule has 0 N–H and O–H groups in total. The van der Waals surface area contributed by atoms with Gasteiger partial charge >= 0.3 is 0 Å². The molecule has 7 nitrogen and oxygen atoms in total. The largest absolute Gasteiger partial charge is 0.495 e. The first kappa shape index (κ1) is 19.8. The van der Waals surface area contributed by atoms with Crippen LogP contribution in [-0.2, 0) is 16.6 Å². The van der Waals surface area contributed by atoms with Crippen LogP contribution in [0.5, 0.6) is 5.75 Å². The second-order valence-electron chi connectivity index (χ2n) is 6.34. The van der Waals surface area contributed by atoms with Gasteiger partial charge in [0.2, 0.25) is 5.89 Å². The fourth-order valence-corrected chi connectivity index (χ4v) is 3.99. The molecule has 1 aromatic heterocycles. The summed E-state index contributed by atoms with van der Waals surface area (Å²) >= 11 is 0. The number of benzene rings is 2. The van der Waals surface area contributed by atoms with Crippen LogP contribution in [-0.4, -0.2) is 25.7 Å². The zero-order valence-electron chi connectivity index (χ0n) is 15.7. The van der Waals surface area contributed by atoms with Gasteiger partial charge in [-0.05, 0) is 36.4 Å². The van der Waals surface area contributed by atoms with E-state index in [0.717, 1.165) is 16.4 Å². The first-order valence-corrected chi connectivity index (χ1v) is 10.0. The van der Waals surface area contributed by atoms with Crippen molar-refractivity contribution in [2.24, 2.45) is 0 Å². The number of sulfonamides is 1. The van der Waals surface area contributed by atoms with E-state index in [0.29, 0.717) is 17.3 Å². The minimum atomic E-state index is -4.05. The molecule has 0 saturated carbocycles. The Balaban J connectivity index is 2.09. The molecule has 0 aliphatic rings. The summed E-state index contributed by atoms with van der Waals surface area (Å²) in [6, 6.07) is 11.3. The average Bonchev–Trinajstić information content (AvgIpc) is 3.15. The van der Waals surface area contributed by atoms with Crippen molar-refractivity contribution in [1.82, 2.24) is 10.1 Å². The van der Waals surface area contributed by atoms with E-state index in [2.05, 4.69) is 10.1 Å². The van der Waals surface area contributed by atoms with Gasteiger partial charge in [0.1, 0.15) is 11.6 Å². The van der Waals surface area contributed by atoms with Gasteiger partial charge in [0.05, 0.1) is 24.2 Å². The molecule has 2 aromatic carbocycles. The predicted octanol–water partition coefficient (Wildman–Crippen LogP) is 3.74. The quantitative estimate of drug-likeness (QED) is 0.595. The molecule has 0 bridgehead atoms. The number of hydrogen-bond acceptors (Lipinski definition) is 6. The molecule has 1 heterocycles. The van der Waals surface area contributed by atoms with Crippen LogP contribution in [0.4, 0.5) is 10.1 Å². The summed E-state index contributed by atoms with van der Waals surface area (Å²) in [5.41, 5.74) is 0.310. The molecule has 0 amide bonds. The van der Waals surface area contributed by atoms with Crippen molar-refractivity contribution in [3.63, 3.8) is 0 Å². The molecule has 0 atom stereocenters. The SMILES string of the molecule is COc1ccccc1N(Cc1noc(C(C)C)n1)S(=O)(=O)c1ccc(F)cc1. The van der Waals surface area contributed by atoms with Crippen LogP contribution >= 0.6 is 0 Å². The minimum absolute atomic E-state index is 0.00895. The molecule has 0 aliphatic carbocycles. The van der Waals surface area contributed by atoms with E-state index < -0.39 is 15.8 Å². The lowest BCUT2D eigenvalue weighted by atomic mass is 10.2. The van der Waals surface area contributed by atoms with Crippen molar-refractivity contribution in [3.8, 4) is 5.75 Å². The summed E-state index contributed by atoms with van der Waals surface area (Å²) < 4.78 is 51.6. The Labute approximate surface area is 162 Å². The van der Waals surface area contributed by atoms with Crippen LogP contribution in [0.3, 0.4) is 0 Å². The van der Waals surface area contributed by atoms with E-state index >= 15 is 0 Å². The van der Waals surface area contributed by atoms with Crippen molar-refractivity contribution in [1.29, 1.82) is 0 Å². The van der Waals surface area contributed by atoms with Crippen molar-refractivity contribution < 1.29 is 22.1 Å². The Kier molecular flexibility index (Phi) is 5.64. The van der Waals surface area contributed by atoms with Gasteiger partial charge in [-0.15, -0.1) is 0 Å². The molecule has 9 heteroatoms. The Morgan fingerprint density at radius 2 is 1.82 bits per heavy atom. The highest BCUT2D eigenvalue weighted by Crippen LogP contribution is 2.33. The maximum Gasteiger partial charge on any atom is 0.264 e. The Bertz CT molecular complexity index is 1050. The highest BCUT2D eigenvalue weighted by molar-refractivity contribution is 7.92. The van der Waals surface area contributed by atoms with Crippen LogP contribution < -0.4 is 9.04 Å². The number of hydrogen-bond donors (Lipinski definition) is 0. The first-order valence-electron chi connectivity index (χ1n) is 8.56. The highest BCUT2D eigenvalue weighted by atomic mass is 32.2. The lowest BCUT2D eigenvalue weighted by molar-refractivity contribution is 0.360. The van der Waals surface area contributed by atoms with E-state index in [1.54, 1.807) is 24.3 Å². The molecule has 0 aliphatic heterocycles. The Morgan fingerprint density at radius 1 is 1.14 bits per heavy atom. The molecule has 0 spiro atoms. The van der Waals surface area contributed by atoms with Gasteiger partial charge in [-0.3, -0.25) is 4.31 Å². The van der Waals surface area contributed by atoms with Gasteiger partial charge in [-0.25, -0.2) is 12.8 Å². The number of para-hydroxylation sites is 2. The first-order chi connectivity index (χ1) is 13.3. The third kappa shape index (κ3) is 3.99. The maximum atomic E-state index is 13.3. The van der Waals surface area contributed by atoms with E-state index in [-0.39, 0.29) is 23.2 Å². The number of anilines is 1. The number of aromatic nitrogens is 2. The van der Waals surface area contributed by atoms with Crippen LogP contribution in [0, 0.1) is 5.82 Å². The van der Waals surface area contributed by atoms with Crippen LogP contribution in [0.25, 0.3) is 0 Å². The van der Waals surface area contributed by atoms with Crippen molar-refractivity contribution in [3.05, 3.63) is 66.1 Å². The van der Waals surface area contributed by atoms with Gasteiger partial charge in [0.15, 0.2) is 5.82 Å². The van der Waals surface area contributed by atoms with E-state index in [4.69, 9.17) is 9.26 Å². The number of ether oxygens (including phenoxy) is 1. The summed E-state index contributed by atoms with van der Waals surface area (Å²) in [7, 11) is -2.60. The van der Waals surface area contributed by atoms with Gasteiger partial charge < -0.3 is 9.26 Å². The number of halogens is 1. The number of rotatable bonds is 7. The zero-order valence-corrected chi connectivity index (χ0v) is 16.5. The van der Waals surface area contributed by atoms with E-state index in [9.17, 15) is 12.8 Å². The van der Waals surface area contributed by atoms with Gasteiger partial charge in [0, 0.05) is 5.92 Å². The van der Waals surface area contributed by atoms with Crippen molar-refractivity contribution in [2.75, 3.05) is 11.4 Å². The topological polar surface area (TPSA) is 85.5 Å². The van der Waals surface area contributed by atoms with Crippen molar-refractivity contribution >= 4 is 15.7 Å². The molecular weight excluding hydrogens is 385 g/mol. The second kappa shape index (κ2) is 7.97. The third-order valence-corrected chi connectivity index (χ3v) is 5.79. The van der Waals surface area contributed by atoms with Crippen LogP contribution in [0.1, 0.15) is 31.5 Å². The van der Waals surface area contributed by atoms with E-state index in [1.165, 1.54) is 19.2 Å². The zero-order chi connectivity index (χ0) is 20.3. The molecular formula is C19H20FN3O4S. The minimum Gasteiger partial charge on any atom is -0.495 e. The fraction of sp³-hybridized carbons (Fsp3) is 0.263. The normalized spacial score (nSPS) is 11.6. The molecule has 0 unspecified atom stereocenters. The Morgan fingerprint density at radius 3 is 2.43 bits per heavy atom. The summed E-state index contributed by atoms with van der Waals surface area (Å²) in [6.07, 6.45) is 0. The van der Waals surface area contributed by atoms with Gasteiger partial charge in [0.25, 0.3) is 10.0 Å². The van der Waals surface area contributed by atoms with Crippen molar-refractivity contribution in [2.45, 2.75) is 31.2 Å². The molecule has 0 radical (unpaired) electrons. The molecule has 28 heavy (non-hydrogen) atoms. The number of methoxy groups -OCH3 is 1. The lowest BCUT2D eigenvalue weighted by Gasteiger charge is -2.24. The summed E-state index contributed by atoms with van der Waals surface area (Å²) in [5.74, 6) is 0.465. The lowest BCUT2D eigenvalue weighted by Crippen LogP contribution is -2.31. The molecule has 0 fully saturated rings. The smallest absolute Gasteiger partial charge is 0.264 e. The van der Waals surface area contributed by atoms with E-state index in [1.807, 2.05) is 13.8 Å². The summed E-state index contributed by atoms with van der Waals surface area (Å²) in [4.78, 5) is 4.20. The standard InChI is InChI=1S/C19H20FN3O4S/c1-13(2)19-21-18(22-27-19)12-23(16-6-4-5-7-17(16)26-3)28(24,25)15-10-8-14(20)9-11-15/h4-11,13H,12H2,1-3H3. The average molecular weight is 405 g/mol. The fourth-order valence-electron chi connectivity index (χ4n) is 2.56. The van der Waals surface area contributed by atoms with Gasteiger partial charge in [-0.1, -0.05) is 31.1 Å². The monoisotopic (exact) mass is 405 g/mol. The molecule has 3 aromatic rings. The second-order valence-corrected chi connectivity index (χ2v) is 8.20. The number of nitrogens with zero attached hydrogens (tertiary/aromatic N) is 3. The van der Waals surface area contributed by atoms with Gasteiger partial charge in [-0.2, -0.15) is 4.98 Å². The Hall–Kier alpha value is -2.94.